The molecule has 1 amide bonds. The van der Waals surface area contributed by atoms with Crippen LogP contribution in [-0.4, -0.2) is 28.8 Å². The first-order valence-corrected chi connectivity index (χ1v) is 7.99. The number of aryl methyl sites for hydroxylation is 1. The van der Waals surface area contributed by atoms with Gasteiger partial charge in [-0.1, -0.05) is 0 Å². The zero-order chi connectivity index (χ0) is 18.0. The van der Waals surface area contributed by atoms with Gasteiger partial charge in [-0.3, -0.25) is 9.59 Å². The molecule has 3 rings (SSSR count). The second-order valence-electron chi connectivity index (χ2n) is 6.05. The van der Waals surface area contributed by atoms with Crippen LogP contribution in [0.4, 0.5) is 20.3 Å². The van der Waals surface area contributed by atoms with Crippen LogP contribution in [0.15, 0.2) is 35.1 Å². The maximum atomic E-state index is 13.7. The molecule has 6 nitrogen and oxygen atoms in total. The van der Waals surface area contributed by atoms with Crippen LogP contribution in [0.25, 0.3) is 0 Å². The van der Waals surface area contributed by atoms with Crippen molar-refractivity contribution >= 4 is 17.4 Å². The summed E-state index contributed by atoms with van der Waals surface area (Å²) >= 11 is 0. The summed E-state index contributed by atoms with van der Waals surface area (Å²) in [6, 6.07) is 6.09. The highest BCUT2D eigenvalue weighted by Gasteiger charge is 2.27. The molecule has 132 valence electrons. The molecule has 0 saturated carbocycles. The number of rotatable bonds is 3. The third-order valence-electron chi connectivity index (χ3n) is 4.25. The molecule has 1 aromatic heterocycles. The summed E-state index contributed by atoms with van der Waals surface area (Å²) < 4.78 is 27.9. The first kappa shape index (κ1) is 17.1. The van der Waals surface area contributed by atoms with Crippen molar-refractivity contribution in [2.24, 2.45) is 13.0 Å². The second-order valence-corrected chi connectivity index (χ2v) is 6.05. The van der Waals surface area contributed by atoms with Crippen molar-refractivity contribution < 1.29 is 13.6 Å². The maximum Gasteiger partial charge on any atom is 0.266 e. The summed E-state index contributed by atoms with van der Waals surface area (Å²) in [6.07, 6.45) is 1.44. The van der Waals surface area contributed by atoms with E-state index >= 15 is 0 Å². The van der Waals surface area contributed by atoms with Crippen molar-refractivity contribution in [3.63, 3.8) is 0 Å². The standard InChI is InChI=1S/C17H18F2N4O2/c1-22-16(24)7-6-15(21-22)23-8-2-3-11(10-23)17(25)20-14-5-4-12(18)9-13(14)19/h4-7,9,11H,2-3,8,10H2,1H3,(H,20,25)/t11-/m0/s1. The molecule has 0 aliphatic carbocycles. The first-order chi connectivity index (χ1) is 11.9. The van der Waals surface area contributed by atoms with Crippen LogP contribution < -0.4 is 15.8 Å². The van der Waals surface area contributed by atoms with E-state index in [0.717, 1.165) is 25.1 Å². The Labute approximate surface area is 143 Å². The van der Waals surface area contributed by atoms with Gasteiger partial charge >= 0.3 is 0 Å². The van der Waals surface area contributed by atoms with Crippen LogP contribution in [0, 0.1) is 17.6 Å². The van der Waals surface area contributed by atoms with Gasteiger partial charge in [-0.25, -0.2) is 13.5 Å². The number of hydrogen-bond acceptors (Lipinski definition) is 4. The van der Waals surface area contributed by atoms with E-state index in [0.29, 0.717) is 18.8 Å². The smallest absolute Gasteiger partial charge is 0.266 e. The lowest BCUT2D eigenvalue weighted by Crippen LogP contribution is -2.41. The number of carbonyl (C=O) groups is 1. The van der Waals surface area contributed by atoms with E-state index in [2.05, 4.69) is 10.4 Å². The molecule has 1 N–H and O–H groups in total. The Balaban J connectivity index is 1.71. The van der Waals surface area contributed by atoms with Gasteiger partial charge in [0.2, 0.25) is 5.91 Å². The van der Waals surface area contributed by atoms with Gasteiger partial charge in [0.25, 0.3) is 5.56 Å². The zero-order valence-corrected chi connectivity index (χ0v) is 13.7. The van der Waals surface area contributed by atoms with Crippen molar-refractivity contribution in [1.29, 1.82) is 0 Å². The quantitative estimate of drug-likeness (QED) is 0.920. The van der Waals surface area contributed by atoms with Gasteiger partial charge in [0.05, 0.1) is 11.6 Å². The molecule has 1 aliphatic rings. The van der Waals surface area contributed by atoms with Crippen LogP contribution in [0.1, 0.15) is 12.8 Å². The molecule has 1 fully saturated rings. The lowest BCUT2D eigenvalue weighted by atomic mass is 9.97. The molecule has 0 radical (unpaired) electrons. The number of piperidine rings is 1. The molecular weight excluding hydrogens is 330 g/mol. The van der Waals surface area contributed by atoms with E-state index in [1.165, 1.54) is 16.8 Å². The fourth-order valence-electron chi connectivity index (χ4n) is 2.88. The van der Waals surface area contributed by atoms with E-state index in [1.807, 2.05) is 4.90 Å². The van der Waals surface area contributed by atoms with Crippen LogP contribution >= 0.6 is 0 Å². The summed E-state index contributed by atoms with van der Waals surface area (Å²) in [5, 5.41) is 6.71. The number of carbonyl (C=O) groups excluding carboxylic acids is 1. The molecule has 1 aromatic carbocycles. The largest absolute Gasteiger partial charge is 0.354 e. The third-order valence-corrected chi connectivity index (χ3v) is 4.25. The minimum atomic E-state index is -0.805. The second kappa shape index (κ2) is 7.00. The average Bonchev–Trinajstić information content (AvgIpc) is 2.60. The topological polar surface area (TPSA) is 67.2 Å². The number of benzene rings is 1. The van der Waals surface area contributed by atoms with E-state index < -0.39 is 11.6 Å². The normalized spacial score (nSPS) is 17.4. The summed E-state index contributed by atoms with van der Waals surface area (Å²) in [5.41, 5.74) is -0.245. The fourth-order valence-corrected chi connectivity index (χ4v) is 2.88. The Morgan fingerprint density at radius 1 is 1.28 bits per heavy atom. The Morgan fingerprint density at radius 2 is 2.08 bits per heavy atom. The van der Waals surface area contributed by atoms with Gasteiger partial charge in [-0.15, -0.1) is 0 Å². The van der Waals surface area contributed by atoms with Gasteiger partial charge < -0.3 is 10.2 Å². The molecule has 25 heavy (non-hydrogen) atoms. The molecular formula is C17H18F2N4O2. The van der Waals surface area contributed by atoms with Crippen molar-refractivity contribution in [1.82, 2.24) is 9.78 Å². The summed E-state index contributed by atoms with van der Waals surface area (Å²) in [6.45, 7) is 1.14. The van der Waals surface area contributed by atoms with E-state index in [-0.39, 0.29) is 23.1 Å². The van der Waals surface area contributed by atoms with Crippen LogP contribution in [0.3, 0.4) is 0 Å². The Kier molecular flexibility index (Phi) is 4.78. The SMILES string of the molecule is Cn1nc(N2CCC[C@H](C(=O)Nc3ccc(F)cc3F)C2)ccc1=O. The van der Waals surface area contributed by atoms with E-state index in [9.17, 15) is 18.4 Å². The van der Waals surface area contributed by atoms with Crippen molar-refractivity contribution in [3.05, 3.63) is 52.3 Å². The monoisotopic (exact) mass is 348 g/mol. The number of anilines is 2. The van der Waals surface area contributed by atoms with Crippen molar-refractivity contribution in [2.75, 3.05) is 23.3 Å². The summed E-state index contributed by atoms with van der Waals surface area (Å²) in [5.74, 6) is -1.55. The van der Waals surface area contributed by atoms with Gasteiger partial charge in [0, 0.05) is 32.3 Å². The van der Waals surface area contributed by atoms with E-state index in [4.69, 9.17) is 0 Å². The zero-order valence-electron chi connectivity index (χ0n) is 13.7. The molecule has 0 bridgehead atoms. The lowest BCUT2D eigenvalue weighted by molar-refractivity contribution is -0.120. The highest BCUT2D eigenvalue weighted by atomic mass is 19.1. The van der Waals surface area contributed by atoms with Gasteiger partial charge in [0.1, 0.15) is 17.5 Å². The molecule has 1 saturated heterocycles. The number of nitrogens with zero attached hydrogens (tertiary/aromatic N) is 3. The number of halogens is 2. The molecule has 2 aromatic rings. The number of aromatic nitrogens is 2. The Hall–Kier alpha value is -2.77. The predicted octanol–water partition coefficient (Wildman–Crippen LogP) is 1.91. The number of nitrogens with one attached hydrogen (secondary N) is 1. The molecule has 2 heterocycles. The van der Waals surface area contributed by atoms with Crippen molar-refractivity contribution in [2.45, 2.75) is 12.8 Å². The minimum absolute atomic E-state index is 0.0382. The summed E-state index contributed by atoms with van der Waals surface area (Å²) in [7, 11) is 1.57. The number of amides is 1. The maximum absolute atomic E-state index is 13.7. The van der Waals surface area contributed by atoms with E-state index in [1.54, 1.807) is 13.1 Å². The third kappa shape index (κ3) is 3.84. The van der Waals surface area contributed by atoms with Gasteiger partial charge in [0.15, 0.2) is 0 Å². The minimum Gasteiger partial charge on any atom is -0.354 e. The predicted molar refractivity (Wildman–Crippen MR) is 89.4 cm³/mol. The Morgan fingerprint density at radius 3 is 2.80 bits per heavy atom. The average molecular weight is 348 g/mol. The van der Waals surface area contributed by atoms with Crippen LogP contribution in [0.2, 0.25) is 0 Å². The molecule has 1 aliphatic heterocycles. The number of hydrogen-bond donors (Lipinski definition) is 1. The fraction of sp³-hybridized carbons (Fsp3) is 0.353. The van der Waals surface area contributed by atoms with Crippen LogP contribution in [-0.2, 0) is 11.8 Å². The van der Waals surface area contributed by atoms with Crippen molar-refractivity contribution in [3.8, 4) is 0 Å². The highest BCUT2D eigenvalue weighted by Crippen LogP contribution is 2.23. The first-order valence-electron chi connectivity index (χ1n) is 7.99. The lowest BCUT2D eigenvalue weighted by Gasteiger charge is -2.32. The molecule has 0 spiro atoms. The molecule has 1 atom stereocenters. The molecule has 0 unspecified atom stereocenters. The van der Waals surface area contributed by atoms with Crippen LogP contribution in [0.5, 0.6) is 0 Å². The Bertz CT molecular complexity index is 853. The van der Waals surface area contributed by atoms with Gasteiger partial charge in [-0.2, -0.15) is 5.10 Å². The van der Waals surface area contributed by atoms with Gasteiger partial charge in [-0.05, 0) is 31.0 Å². The highest BCUT2D eigenvalue weighted by molar-refractivity contribution is 5.93. The summed E-state index contributed by atoms with van der Waals surface area (Å²) in [4.78, 5) is 25.8. The molecule has 8 heteroatoms.